The predicted molar refractivity (Wildman–Crippen MR) is 88.2 cm³/mol. The quantitative estimate of drug-likeness (QED) is 0.911. The summed E-state index contributed by atoms with van der Waals surface area (Å²) in [5.41, 5.74) is 6.99. The Bertz CT molecular complexity index is 658. The van der Waals surface area contributed by atoms with E-state index >= 15 is 0 Å². The molecule has 1 aliphatic carbocycles. The van der Waals surface area contributed by atoms with Crippen molar-refractivity contribution in [2.45, 2.75) is 38.8 Å². The van der Waals surface area contributed by atoms with Crippen molar-refractivity contribution in [3.8, 4) is 0 Å². The second-order valence-corrected chi connectivity index (χ2v) is 6.30. The minimum atomic E-state index is 0.773. The van der Waals surface area contributed by atoms with Crippen LogP contribution in [-0.2, 0) is 13.0 Å². The minimum absolute atomic E-state index is 0.773. The summed E-state index contributed by atoms with van der Waals surface area (Å²) >= 11 is 0. The first-order valence-electron chi connectivity index (χ1n) is 7.99. The lowest BCUT2D eigenvalue weighted by molar-refractivity contribution is 0.685. The second-order valence-electron chi connectivity index (χ2n) is 6.30. The van der Waals surface area contributed by atoms with Crippen molar-refractivity contribution < 1.29 is 0 Å². The Morgan fingerprint density at radius 3 is 2.81 bits per heavy atom. The van der Waals surface area contributed by atoms with Crippen LogP contribution in [0.25, 0.3) is 0 Å². The largest absolute Gasteiger partial charge is 0.341 e. The zero-order valence-electron chi connectivity index (χ0n) is 12.6. The van der Waals surface area contributed by atoms with Crippen molar-refractivity contribution in [2.24, 2.45) is 0 Å². The van der Waals surface area contributed by atoms with Gasteiger partial charge in [0.05, 0.1) is 0 Å². The fraction of sp³-hybridized carbons (Fsp3) is 0.368. The Kier molecular flexibility index (Phi) is 3.19. The number of aryl methyl sites for hydroxylation is 1. The molecule has 1 fully saturated rings. The van der Waals surface area contributed by atoms with Gasteiger partial charge in [0.25, 0.3) is 0 Å². The van der Waals surface area contributed by atoms with Crippen LogP contribution in [0.3, 0.4) is 0 Å². The van der Waals surface area contributed by atoms with E-state index in [1.807, 2.05) is 0 Å². The molecule has 0 aromatic heterocycles. The van der Waals surface area contributed by atoms with Crippen LogP contribution in [0.15, 0.2) is 42.5 Å². The van der Waals surface area contributed by atoms with Gasteiger partial charge >= 0.3 is 0 Å². The summed E-state index contributed by atoms with van der Waals surface area (Å²) in [6.07, 6.45) is 3.85. The summed E-state index contributed by atoms with van der Waals surface area (Å²) < 4.78 is 0. The van der Waals surface area contributed by atoms with E-state index in [1.165, 1.54) is 40.9 Å². The highest BCUT2D eigenvalue weighted by molar-refractivity contribution is 5.70. The van der Waals surface area contributed by atoms with Gasteiger partial charge in [-0.1, -0.05) is 24.3 Å². The first-order chi connectivity index (χ1) is 10.3. The van der Waals surface area contributed by atoms with Gasteiger partial charge in [-0.3, -0.25) is 0 Å². The van der Waals surface area contributed by atoms with E-state index in [2.05, 4.69) is 59.6 Å². The number of nitrogens with zero attached hydrogens (tertiary/aromatic N) is 1. The van der Waals surface area contributed by atoms with Crippen molar-refractivity contribution in [3.63, 3.8) is 0 Å². The van der Waals surface area contributed by atoms with Gasteiger partial charge in [-0.05, 0) is 61.1 Å². The van der Waals surface area contributed by atoms with E-state index in [0.717, 1.165) is 25.6 Å². The zero-order chi connectivity index (χ0) is 14.2. The molecule has 0 amide bonds. The average Bonchev–Trinajstić information content (AvgIpc) is 3.23. The number of anilines is 2. The topological polar surface area (TPSA) is 15.3 Å². The fourth-order valence-electron chi connectivity index (χ4n) is 3.19. The molecule has 2 heteroatoms. The molecule has 2 nitrogen and oxygen atoms in total. The summed E-state index contributed by atoms with van der Waals surface area (Å²) in [4.78, 5) is 2.44. The third-order valence-electron chi connectivity index (χ3n) is 4.68. The molecular weight excluding hydrogens is 256 g/mol. The van der Waals surface area contributed by atoms with Gasteiger partial charge in [0.1, 0.15) is 0 Å². The Hall–Kier alpha value is -1.80. The fourth-order valence-corrected chi connectivity index (χ4v) is 3.19. The van der Waals surface area contributed by atoms with E-state index in [0.29, 0.717) is 0 Å². The summed E-state index contributed by atoms with van der Waals surface area (Å²) in [7, 11) is 0. The molecule has 0 bridgehead atoms. The van der Waals surface area contributed by atoms with Crippen molar-refractivity contribution in [2.75, 3.05) is 11.4 Å². The molecule has 0 unspecified atom stereocenters. The molecule has 1 heterocycles. The second kappa shape index (κ2) is 5.19. The summed E-state index contributed by atoms with van der Waals surface area (Å²) in [6.45, 7) is 4.33. The maximum atomic E-state index is 3.60. The average molecular weight is 278 g/mol. The van der Waals surface area contributed by atoms with E-state index in [1.54, 1.807) is 0 Å². The first-order valence-corrected chi connectivity index (χ1v) is 7.99. The number of hydrogen-bond acceptors (Lipinski definition) is 2. The molecule has 0 spiro atoms. The molecule has 21 heavy (non-hydrogen) atoms. The number of benzene rings is 2. The lowest BCUT2D eigenvalue weighted by atomic mass is 10.1. The molecule has 1 aliphatic heterocycles. The van der Waals surface area contributed by atoms with Crippen LogP contribution < -0.4 is 10.2 Å². The normalized spacial score (nSPS) is 17.1. The van der Waals surface area contributed by atoms with Gasteiger partial charge in [0, 0.05) is 30.5 Å². The standard InChI is InChI=1S/C19H22N2/c1-14-12-18(9-6-16(14)13-20-17-7-8-17)21-11-10-15-4-2-3-5-19(15)21/h2-6,9,12,17,20H,7-8,10-11,13H2,1H3. The molecule has 2 aromatic carbocycles. The highest BCUT2D eigenvalue weighted by atomic mass is 15.2. The molecule has 108 valence electrons. The van der Waals surface area contributed by atoms with Crippen LogP contribution in [0.2, 0.25) is 0 Å². The third-order valence-corrected chi connectivity index (χ3v) is 4.68. The van der Waals surface area contributed by atoms with Gasteiger partial charge in [-0.25, -0.2) is 0 Å². The Morgan fingerprint density at radius 1 is 1.14 bits per heavy atom. The summed E-state index contributed by atoms with van der Waals surface area (Å²) in [5, 5.41) is 3.60. The van der Waals surface area contributed by atoms with E-state index < -0.39 is 0 Å². The Labute approximate surface area is 126 Å². The molecule has 0 atom stereocenters. The Balaban J connectivity index is 1.57. The number of rotatable bonds is 4. The lowest BCUT2D eigenvalue weighted by Gasteiger charge is -2.21. The van der Waals surface area contributed by atoms with Gasteiger partial charge in [-0.15, -0.1) is 0 Å². The van der Waals surface area contributed by atoms with Crippen LogP contribution in [0.1, 0.15) is 29.5 Å². The molecular formula is C19H22N2. The van der Waals surface area contributed by atoms with Gasteiger partial charge in [-0.2, -0.15) is 0 Å². The number of fused-ring (bicyclic) bond motifs is 1. The number of nitrogens with one attached hydrogen (secondary N) is 1. The molecule has 2 aromatic rings. The van der Waals surface area contributed by atoms with Gasteiger partial charge in [0.15, 0.2) is 0 Å². The van der Waals surface area contributed by atoms with E-state index in [4.69, 9.17) is 0 Å². The van der Waals surface area contributed by atoms with Gasteiger partial charge in [0.2, 0.25) is 0 Å². The van der Waals surface area contributed by atoms with E-state index in [-0.39, 0.29) is 0 Å². The molecule has 4 rings (SSSR count). The molecule has 1 saturated carbocycles. The molecule has 2 aliphatic rings. The van der Waals surface area contributed by atoms with Crippen LogP contribution in [0.4, 0.5) is 11.4 Å². The highest BCUT2D eigenvalue weighted by Crippen LogP contribution is 2.35. The Morgan fingerprint density at radius 2 is 2.00 bits per heavy atom. The van der Waals surface area contributed by atoms with Crippen molar-refractivity contribution in [3.05, 3.63) is 59.2 Å². The number of hydrogen-bond donors (Lipinski definition) is 1. The monoisotopic (exact) mass is 278 g/mol. The molecule has 1 N–H and O–H groups in total. The number of para-hydroxylation sites is 1. The van der Waals surface area contributed by atoms with Gasteiger partial charge < -0.3 is 10.2 Å². The van der Waals surface area contributed by atoms with Crippen molar-refractivity contribution in [1.82, 2.24) is 5.32 Å². The molecule has 0 saturated heterocycles. The maximum absolute atomic E-state index is 3.60. The lowest BCUT2D eigenvalue weighted by Crippen LogP contribution is -2.17. The van der Waals surface area contributed by atoms with Crippen LogP contribution in [0.5, 0.6) is 0 Å². The van der Waals surface area contributed by atoms with Crippen LogP contribution >= 0.6 is 0 Å². The van der Waals surface area contributed by atoms with Crippen molar-refractivity contribution in [1.29, 1.82) is 0 Å². The minimum Gasteiger partial charge on any atom is -0.341 e. The van der Waals surface area contributed by atoms with E-state index in [9.17, 15) is 0 Å². The smallest absolute Gasteiger partial charge is 0.0444 e. The molecule has 0 radical (unpaired) electrons. The zero-order valence-corrected chi connectivity index (χ0v) is 12.6. The SMILES string of the molecule is Cc1cc(N2CCc3ccccc32)ccc1CNC1CC1. The van der Waals surface area contributed by atoms with Crippen molar-refractivity contribution >= 4 is 11.4 Å². The third kappa shape index (κ3) is 2.56. The summed E-state index contributed by atoms with van der Waals surface area (Å²) in [5.74, 6) is 0. The first kappa shape index (κ1) is 12.9. The summed E-state index contributed by atoms with van der Waals surface area (Å²) in [6, 6.07) is 16.4. The highest BCUT2D eigenvalue weighted by Gasteiger charge is 2.21. The maximum Gasteiger partial charge on any atom is 0.0444 e. The van der Waals surface area contributed by atoms with Crippen LogP contribution in [-0.4, -0.2) is 12.6 Å². The predicted octanol–water partition coefficient (Wildman–Crippen LogP) is 3.94. The van der Waals surface area contributed by atoms with Crippen LogP contribution in [0, 0.1) is 6.92 Å².